The van der Waals surface area contributed by atoms with Crippen LogP contribution in [0.4, 0.5) is 5.69 Å². The maximum absolute atomic E-state index is 12.1. The Kier molecular flexibility index (Phi) is 4.33. The normalized spacial score (nSPS) is 15.7. The second kappa shape index (κ2) is 5.80. The predicted octanol–water partition coefficient (Wildman–Crippen LogP) is 3.42. The first-order chi connectivity index (χ1) is 10.5. The first-order valence-electron chi connectivity index (χ1n) is 7.72. The van der Waals surface area contributed by atoms with Crippen LogP contribution in [0.3, 0.4) is 0 Å². The van der Waals surface area contributed by atoms with Gasteiger partial charge in [0, 0.05) is 0 Å². The van der Waals surface area contributed by atoms with Crippen LogP contribution >= 0.6 is 0 Å². The van der Waals surface area contributed by atoms with Gasteiger partial charge in [-0.25, -0.2) is 4.79 Å². The predicted molar refractivity (Wildman–Crippen MR) is 90.5 cm³/mol. The molecular weight excluding hydrogens is 292 g/mol. The molecule has 1 aromatic carbocycles. The summed E-state index contributed by atoms with van der Waals surface area (Å²) in [7, 11) is 0. The summed E-state index contributed by atoms with van der Waals surface area (Å²) in [5, 5.41) is 5.41. The lowest BCUT2D eigenvalue weighted by atomic mass is 9.87. The van der Waals surface area contributed by atoms with Gasteiger partial charge in [-0.15, -0.1) is 0 Å². The van der Waals surface area contributed by atoms with Crippen LogP contribution in [0, 0.1) is 0 Å². The lowest BCUT2D eigenvalue weighted by molar-refractivity contribution is -0.146. The molecule has 1 aliphatic heterocycles. The van der Waals surface area contributed by atoms with Crippen molar-refractivity contribution in [3.8, 4) is 0 Å². The van der Waals surface area contributed by atoms with Gasteiger partial charge >= 0.3 is 5.97 Å². The summed E-state index contributed by atoms with van der Waals surface area (Å²) >= 11 is 0. The highest BCUT2D eigenvalue weighted by Gasteiger charge is 2.32. The molecule has 0 spiro atoms. The molecule has 0 saturated heterocycles. The zero-order valence-electron chi connectivity index (χ0n) is 14.6. The topological polar surface area (TPSA) is 59.0 Å². The van der Waals surface area contributed by atoms with E-state index in [1.54, 1.807) is 20.8 Å². The lowest BCUT2D eigenvalue weighted by Crippen LogP contribution is -2.28. The molecule has 5 nitrogen and oxygen atoms in total. The van der Waals surface area contributed by atoms with Crippen molar-refractivity contribution >= 4 is 23.3 Å². The maximum atomic E-state index is 12.1. The van der Waals surface area contributed by atoms with Crippen LogP contribution in [0.2, 0.25) is 0 Å². The van der Waals surface area contributed by atoms with E-state index >= 15 is 0 Å². The minimum absolute atomic E-state index is 0.0318. The fraction of sp³-hybridized carbons (Fsp3) is 0.500. The summed E-state index contributed by atoms with van der Waals surface area (Å²) in [4.78, 5) is 24.2. The van der Waals surface area contributed by atoms with Gasteiger partial charge in [-0.1, -0.05) is 32.9 Å². The van der Waals surface area contributed by atoms with E-state index in [4.69, 9.17) is 4.74 Å². The fourth-order valence-corrected chi connectivity index (χ4v) is 2.18. The summed E-state index contributed by atoms with van der Waals surface area (Å²) in [6.45, 7) is 11.7. The van der Waals surface area contributed by atoms with Crippen LogP contribution < -0.4 is 5.01 Å². The third-order valence-electron chi connectivity index (χ3n) is 3.39. The summed E-state index contributed by atoms with van der Waals surface area (Å²) < 4.78 is 5.27. The number of hydrogen-bond acceptors (Lipinski definition) is 4. The molecule has 1 heterocycles. The Balaban J connectivity index is 2.20. The Labute approximate surface area is 137 Å². The van der Waals surface area contributed by atoms with Crippen molar-refractivity contribution in [2.24, 2.45) is 5.10 Å². The van der Waals surface area contributed by atoms with E-state index in [-0.39, 0.29) is 23.5 Å². The van der Waals surface area contributed by atoms with Gasteiger partial charge in [-0.3, -0.25) is 4.79 Å². The first-order valence-corrected chi connectivity index (χ1v) is 7.72. The number of hydrazone groups is 1. The molecule has 5 heteroatoms. The van der Waals surface area contributed by atoms with Gasteiger partial charge in [-0.2, -0.15) is 10.1 Å². The van der Waals surface area contributed by atoms with Crippen molar-refractivity contribution in [3.05, 3.63) is 29.8 Å². The van der Waals surface area contributed by atoms with E-state index in [0.29, 0.717) is 5.69 Å². The van der Waals surface area contributed by atoms with Gasteiger partial charge in [0.25, 0.3) is 5.91 Å². The largest absolute Gasteiger partial charge is 0.455 e. The van der Waals surface area contributed by atoms with Crippen LogP contribution in [-0.4, -0.2) is 23.2 Å². The fourth-order valence-electron chi connectivity index (χ4n) is 2.18. The molecule has 0 aliphatic carbocycles. The van der Waals surface area contributed by atoms with Crippen molar-refractivity contribution < 1.29 is 14.3 Å². The molecule has 0 bridgehead atoms. The molecule has 0 unspecified atom stereocenters. The number of rotatable bonds is 2. The summed E-state index contributed by atoms with van der Waals surface area (Å²) in [5.74, 6) is -0.769. The number of hydrogen-bond donors (Lipinski definition) is 0. The third-order valence-corrected chi connectivity index (χ3v) is 3.39. The molecular formula is C18H24N2O3. The van der Waals surface area contributed by atoms with E-state index in [1.807, 2.05) is 24.3 Å². The molecule has 124 valence electrons. The minimum atomic E-state index is -0.607. The molecule has 1 aromatic rings. The minimum Gasteiger partial charge on any atom is -0.455 e. The average molecular weight is 316 g/mol. The summed E-state index contributed by atoms with van der Waals surface area (Å²) in [5.41, 5.74) is 1.40. The summed E-state index contributed by atoms with van der Waals surface area (Å²) in [6.07, 6.45) is -0.0318. The first kappa shape index (κ1) is 17.2. The monoisotopic (exact) mass is 316 g/mol. The second-order valence-electron chi connectivity index (χ2n) is 7.73. The zero-order valence-corrected chi connectivity index (χ0v) is 14.6. The Morgan fingerprint density at radius 2 is 1.65 bits per heavy atom. The number of amides is 1. The van der Waals surface area contributed by atoms with Crippen LogP contribution in [0.25, 0.3) is 0 Å². The Hall–Kier alpha value is -2.17. The Morgan fingerprint density at radius 3 is 2.13 bits per heavy atom. The van der Waals surface area contributed by atoms with Gasteiger partial charge in [0.15, 0.2) is 5.71 Å². The SMILES string of the molecule is CC(C)(C)OC(=O)C1=NN(c2ccc(C(C)(C)C)cc2)C(=O)C1. The molecule has 1 aliphatic rings. The van der Waals surface area contributed by atoms with Gasteiger partial charge in [0.2, 0.25) is 0 Å². The highest BCUT2D eigenvalue weighted by molar-refractivity contribution is 6.42. The molecule has 0 fully saturated rings. The highest BCUT2D eigenvalue weighted by atomic mass is 16.6. The van der Waals surface area contributed by atoms with Gasteiger partial charge in [0.1, 0.15) is 5.60 Å². The van der Waals surface area contributed by atoms with Gasteiger partial charge < -0.3 is 4.74 Å². The van der Waals surface area contributed by atoms with Gasteiger partial charge in [0.05, 0.1) is 12.1 Å². The third kappa shape index (κ3) is 4.18. The van der Waals surface area contributed by atoms with Crippen LogP contribution in [0.5, 0.6) is 0 Å². The Morgan fingerprint density at radius 1 is 1.09 bits per heavy atom. The number of carbonyl (C=O) groups excluding carboxylic acids is 2. The molecule has 0 radical (unpaired) electrons. The molecule has 1 amide bonds. The molecule has 0 saturated carbocycles. The molecule has 0 atom stereocenters. The molecule has 0 N–H and O–H groups in total. The highest BCUT2D eigenvalue weighted by Crippen LogP contribution is 2.27. The van der Waals surface area contributed by atoms with E-state index in [0.717, 1.165) is 0 Å². The summed E-state index contributed by atoms with van der Waals surface area (Å²) in [6, 6.07) is 7.65. The number of anilines is 1. The van der Waals surface area contributed by atoms with Crippen molar-refractivity contribution in [2.45, 2.75) is 59.0 Å². The van der Waals surface area contributed by atoms with E-state index in [1.165, 1.54) is 10.6 Å². The number of nitrogens with zero attached hydrogens (tertiary/aromatic N) is 2. The second-order valence-corrected chi connectivity index (χ2v) is 7.73. The zero-order chi connectivity index (χ0) is 17.4. The van der Waals surface area contributed by atoms with Crippen molar-refractivity contribution in [1.82, 2.24) is 0 Å². The Bertz CT molecular complexity index is 646. The number of esters is 1. The van der Waals surface area contributed by atoms with Crippen LogP contribution in [-0.2, 0) is 19.7 Å². The molecule has 2 rings (SSSR count). The van der Waals surface area contributed by atoms with Crippen LogP contribution in [0.1, 0.15) is 53.5 Å². The average Bonchev–Trinajstić information content (AvgIpc) is 2.78. The van der Waals surface area contributed by atoms with E-state index in [9.17, 15) is 9.59 Å². The van der Waals surface area contributed by atoms with Crippen molar-refractivity contribution in [3.63, 3.8) is 0 Å². The smallest absolute Gasteiger partial charge is 0.355 e. The molecule has 23 heavy (non-hydrogen) atoms. The number of benzene rings is 1. The number of ether oxygens (including phenoxy) is 1. The van der Waals surface area contributed by atoms with E-state index < -0.39 is 11.6 Å². The lowest BCUT2D eigenvalue weighted by Gasteiger charge is -2.20. The standard InChI is InChI=1S/C18H24N2O3/c1-17(2,3)12-7-9-13(10-8-12)20-15(21)11-14(19-20)16(22)23-18(4,5)6/h7-10H,11H2,1-6H3. The quantitative estimate of drug-likeness (QED) is 0.786. The van der Waals surface area contributed by atoms with Crippen LogP contribution in [0.15, 0.2) is 29.4 Å². The van der Waals surface area contributed by atoms with E-state index in [2.05, 4.69) is 25.9 Å². The number of carbonyl (C=O) groups is 2. The molecule has 0 aromatic heterocycles. The van der Waals surface area contributed by atoms with Crippen molar-refractivity contribution in [1.29, 1.82) is 0 Å². The van der Waals surface area contributed by atoms with Crippen molar-refractivity contribution in [2.75, 3.05) is 5.01 Å². The maximum Gasteiger partial charge on any atom is 0.355 e. The van der Waals surface area contributed by atoms with Gasteiger partial charge in [-0.05, 0) is 43.9 Å².